The summed E-state index contributed by atoms with van der Waals surface area (Å²) in [6.45, 7) is 0.340. The largest absolute Gasteiger partial charge is 0.497 e. The molecule has 1 amide bonds. The Morgan fingerprint density at radius 2 is 1.88 bits per heavy atom. The molecule has 9 nitrogen and oxygen atoms in total. The SMILES string of the molecule is COc1ccc(-c2noc(CCC(=O)Nc3ncccc3OCc3ccncc3)n2)cc1. The fourth-order valence-electron chi connectivity index (χ4n) is 2.87. The highest BCUT2D eigenvalue weighted by molar-refractivity contribution is 5.91. The summed E-state index contributed by atoms with van der Waals surface area (Å²) in [5.41, 5.74) is 1.76. The Morgan fingerprint density at radius 3 is 2.66 bits per heavy atom. The zero-order chi connectivity index (χ0) is 22.2. The lowest BCUT2D eigenvalue weighted by Gasteiger charge is -2.11. The molecule has 0 unspecified atom stereocenters. The van der Waals surface area contributed by atoms with Crippen LogP contribution in [0.15, 0.2) is 71.6 Å². The number of nitrogens with zero attached hydrogens (tertiary/aromatic N) is 4. The van der Waals surface area contributed by atoms with Crippen molar-refractivity contribution in [2.75, 3.05) is 12.4 Å². The number of carbonyl (C=O) groups is 1. The number of methoxy groups -OCH3 is 1. The van der Waals surface area contributed by atoms with E-state index < -0.39 is 0 Å². The number of aryl methyl sites for hydroxylation is 1. The van der Waals surface area contributed by atoms with Crippen LogP contribution in [0.5, 0.6) is 11.5 Å². The maximum Gasteiger partial charge on any atom is 0.227 e. The third-order valence-corrected chi connectivity index (χ3v) is 4.55. The van der Waals surface area contributed by atoms with Crippen LogP contribution in [-0.4, -0.2) is 33.1 Å². The summed E-state index contributed by atoms with van der Waals surface area (Å²) in [4.78, 5) is 25.0. The minimum atomic E-state index is -0.235. The van der Waals surface area contributed by atoms with Crippen LogP contribution in [0.1, 0.15) is 17.9 Å². The van der Waals surface area contributed by atoms with Gasteiger partial charge in [0.15, 0.2) is 11.6 Å². The molecule has 4 aromatic rings. The van der Waals surface area contributed by atoms with Gasteiger partial charge in [0.1, 0.15) is 12.4 Å². The molecule has 3 aromatic heterocycles. The smallest absolute Gasteiger partial charge is 0.227 e. The quantitative estimate of drug-likeness (QED) is 0.427. The van der Waals surface area contributed by atoms with Crippen LogP contribution in [0.3, 0.4) is 0 Å². The number of rotatable bonds is 9. The molecule has 0 radical (unpaired) electrons. The van der Waals surface area contributed by atoms with Gasteiger partial charge in [0.2, 0.25) is 17.6 Å². The summed E-state index contributed by atoms with van der Waals surface area (Å²) in [6.07, 6.45) is 5.44. The highest BCUT2D eigenvalue weighted by Gasteiger charge is 2.13. The molecule has 9 heteroatoms. The van der Waals surface area contributed by atoms with E-state index >= 15 is 0 Å². The van der Waals surface area contributed by atoms with Gasteiger partial charge >= 0.3 is 0 Å². The molecule has 0 saturated heterocycles. The van der Waals surface area contributed by atoms with E-state index in [0.29, 0.717) is 36.3 Å². The van der Waals surface area contributed by atoms with Crippen molar-refractivity contribution in [3.8, 4) is 22.9 Å². The summed E-state index contributed by atoms with van der Waals surface area (Å²) in [7, 11) is 1.60. The molecule has 4 rings (SSSR count). The number of pyridine rings is 2. The Labute approximate surface area is 184 Å². The molecule has 162 valence electrons. The third kappa shape index (κ3) is 5.45. The Balaban J connectivity index is 1.32. The fraction of sp³-hybridized carbons (Fsp3) is 0.174. The summed E-state index contributed by atoms with van der Waals surface area (Å²) in [5.74, 6) is 2.18. The van der Waals surface area contributed by atoms with Gasteiger partial charge in [-0.1, -0.05) is 5.16 Å². The van der Waals surface area contributed by atoms with Crippen molar-refractivity contribution >= 4 is 11.7 Å². The van der Waals surface area contributed by atoms with Crippen molar-refractivity contribution in [2.24, 2.45) is 0 Å². The summed E-state index contributed by atoms with van der Waals surface area (Å²) >= 11 is 0. The van der Waals surface area contributed by atoms with Crippen molar-refractivity contribution in [1.82, 2.24) is 20.1 Å². The van der Waals surface area contributed by atoms with Gasteiger partial charge in [-0.15, -0.1) is 0 Å². The van der Waals surface area contributed by atoms with Crippen molar-refractivity contribution in [3.63, 3.8) is 0 Å². The van der Waals surface area contributed by atoms with E-state index in [1.165, 1.54) is 0 Å². The van der Waals surface area contributed by atoms with Gasteiger partial charge in [0.05, 0.1) is 7.11 Å². The van der Waals surface area contributed by atoms with Gasteiger partial charge in [-0.2, -0.15) is 4.98 Å². The summed E-state index contributed by atoms with van der Waals surface area (Å²) < 4.78 is 16.2. The van der Waals surface area contributed by atoms with Crippen LogP contribution in [0.25, 0.3) is 11.4 Å². The second-order valence-corrected chi connectivity index (χ2v) is 6.78. The first kappa shape index (κ1) is 21.0. The van der Waals surface area contributed by atoms with E-state index in [1.54, 1.807) is 37.8 Å². The second kappa shape index (κ2) is 10.2. The van der Waals surface area contributed by atoms with E-state index in [2.05, 4.69) is 25.4 Å². The molecule has 3 heterocycles. The third-order valence-electron chi connectivity index (χ3n) is 4.55. The highest BCUT2D eigenvalue weighted by atomic mass is 16.5. The summed E-state index contributed by atoms with van der Waals surface area (Å²) in [5, 5.41) is 6.75. The molecule has 32 heavy (non-hydrogen) atoms. The van der Waals surface area contributed by atoms with Gasteiger partial charge in [-0.25, -0.2) is 4.98 Å². The molecular formula is C23H21N5O4. The van der Waals surface area contributed by atoms with Gasteiger partial charge in [-0.05, 0) is 54.1 Å². The molecule has 0 aliphatic heterocycles. The summed E-state index contributed by atoms with van der Waals surface area (Å²) in [6, 6.07) is 14.5. The predicted octanol–water partition coefficient (Wildman–Crippen LogP) is 3.69. The zero-order valence-corrected chi connectivity index (χ0v) is 17.4. The average Bonchev–Trinajstić information content (AvgIpc) is 3.32. The molecule has 0 atom stereocenters. The van der Waals surface area contributed by atoms with Crippen LogP contribution < -0.4 is 14.8 Å². The number of hydrogen-bond acceptors (Lipinski definition) is 8. The normalized spacial score (nSPS) is 10.5. The van der Waals surface area contributed by atoms with E-state index in [9.17, 15) is 4.79 Å². The number of amides is 1. The number of ether oxygens (including phenoxy) is 2. The topological polar surface area (TPSA) is 112 Å². The Bertz CT molecular complexity index is 1160. The molecule has 0 fully saturated rings. The van der Waals surface area contributed by atoms with Gasteiger partial charge in [0, 0.05) is 37.0 Å². The van der Waals surface area contributed by atoms with Crippen molar-refractivity contribution < 1.29 is 18.8 Å². The van der Waals surface area contributed by atoms with E-state index in [-0.39, 0.29) is 12.3 Å². The standard InChI is InChI=1S/C23H21N5O4/c1-30-18-6-4-17(5-7-18)22-27-21(32-28-22)9-8-20(29)26-23-19(3-2-12-25-23)31-15-16-10-13-24-14-11-16/h2-7,10-14H,8-9,15H2,1H3,(H,25,26,29). The van der Waals surface area contributed by atoms with Crippen LogP contribution in [0.4, 0.5) is 5.82 Å². The Morgan fingerprint density at radius 1 is 1.06 bits per heavy atom. The zero-order valence-electron chi connectivity index (χ0n) is 17.4. The predicted molar refractivity (Wildman–Crippen MR) is 116 cm³/mol. The monoisotopic (exact) mass is 431 g/mol. The molecular weight excluding hydrogens is 410 g/mol. The van der Waals surface area contributed by atoms with Gasteiger partial charge in [-0.3, -0.25) is 9.78 Å². The number of carbonyl (C=O) groups excluding carboxylic acids is 1. The van der Waals surface area contributed by atoms with Gasteiger partial charge < -0.3 is 19.3 Å². The van der Waals surface area contributed by atoms with Crippen LogP contribution >= 0.6 is 0 Å². The molecule has 0 spiro atoms. The maximum atomic E-state index is 12.4. The Hall–Kier alpha value is -4.27. The fourth-order valence-corrected chi connectivity index (χ4v) is 2.87. The van der Waals surface area contributed by atoms with Crippen molar-refractivity contribution in [1.29, 1.82) is 0 Å². The average molecular weight is 431 g/mol. The van der Waals surface area contributed by atoms with Crippen LogP contribution in [0.2, 0.25) is 0 Å². The number of anilines is 1. The van der Waals surface area contributed by atoms with E-state index in [4.69, 9.17) is 14.0 Å². The molecule has 1 aromatic carbocycles. The first-order chi connectivity index (χ1) is 15.7. The minimum Gasteiger partial charge on any atom is -0.497 e. The molecule has 0 aliphatic carbocycles. The minimum absolute atomic E-state index is 0.157. The lowest BCUT2D eigenvalue weighted by Crippen LogP contribution is -2.14. The number of aromatic nitrogens is 4. The first-order valence-corrected chi connectivity index (χ1v) is 9.95. The first-order valence-electron chi connectivity index (χ1n) is 9.95. The van der Waals surface area contributed by atoms with E-state index in [0.717, 1.165) is 16.9 Å². The van der Waals surface area contributed by atoms with Gasteiger partial charge in [0.25, 0.3) is 0 Å². The van der Waals surface area contributed by atoms with Crippen LogP contribution in [-0.2, 0) is 17.8 Å². The van der Waals surface area contributed by atoms with Crippen LogP contribution in [0, 0.1) is 0 Å². The number of benzene rings is 1. The lowest BCUT2D eigenvalue weighted by molar-refractivity contribution is -0.116. The molecule has 0 bridgehead atoms. The molecule has 0 aliphatic rings. The lowest BCUT2D eigenvalue weighted by atomic mass is 10.2. The maximum absolute atomic E-state index is 12.4. The Kier molecular flexibility index (Phi) is 6.66. The second-order valence-electron chi connectivity index (χ2n) is 6.78. The highest BCUT2D eigenvalue weighted by Crippen LogP contribution is 2.23. The number of nitrogens with one attached hydrogen (secondary N) is 1. The number of hydrogen-bond donors (Lipinski definition) is 1. The van der Waals surface area contributed by atoms with Crippen molar-refractivity contribution in [3.05, 3.63) is 78.6 Å². The van der Waals surface area contributed by atoms with Crippen molar-refractivity contribution in [2.45, 2.75) is 19.4 Å². The van der Waals surface area contributed by atoms with E-state index in [1.807, 2.05) is 36.4 Å². The molecule has 1 N–H and O–H groups in total. The molecule has 0 saturated carbocycles.